The van der Waals surface area contributed by atoms with Gasteiger partial charge in [0.15, 0.2) is 5.17 Å². The molecule has 14 heteroatoms. The van der Waals surface area contributed by atoms with E-state index in [1.165, 1.54) is 5.01 Å². The highest BCUT2D eigenvalue weighted by Crippen LogP contribution is 2.31. The van der Waals surface area contributed by atoms with E-state index in [0.29, 0.717) is 17.2 Å². The Hall–Kier alpha value is -3.55. The van der Waals surface area contributed by atoms with Gasteiger partial charge in [-0.05, 0) is 60.2 Å². The minimum atomic E-state index is -4.92. The molecular formula is C26H23ClF3N5O3S2. The molecular weight excluding hydrogens is 587 g/mol. The largest absolute Gasteiger partial charge is 0.573 e. The number of halogens is 4. The van der Waals surface area contributed by atoms with E-state index < -0.39 is 22.1 Å². The molecule has 0 bridgehead atoms. The van der Waals surface area contributed by atoms with E-state index in [1.54, 1.807) is 18.4 Å². The van der Waals surface area contributed by atoms with E-state index >= 15 is 0 Å². The number of alkyl halides is 3. The smallest absolute Gasteiger partial charge is 0.406 e. The highest BCUT2D eigenvalue weighted by atomic mass is 35.5. The monoisotopic (exact) mass is 609 g/mol. The van der Waals surface area contributed by atoms with Crippen LogP contribution < -0.4 is 10.5 Å². The number of hydrogen-bond donors (Lipinski definition) is 1. The summed E-state index contributed by atoms with van der Waals surface area (Å²) in [5.74, 6) is -0.972. The number of aliphatic imine (C=N–C) groups is 1. The van der Waals surface area contributed by atoms with Gasteiger partial charge in [-0.2, -0.15) is 18.5 Å². The first-order valence-electron chi connectivity index (χ1n) is 11.7. The van der Waals surface area contributed by atoms with E-state index in [0.717, 1.165) is 47.2 Å². The van der Waals surface area contributed by atoms with Crippen LogP contribution in [-0.4, -0.2) is 49.4 Å². The number of hydrogen-bond acceptors (Lipinski definition) is 5. The van der Waals surface area contributed by atoms with Crippen molar-refractivity contribution in [2.45, 2.75) is 23.6 Å². The number of amidine groups is 1. The van der Waals surface area contributed by atoms with E-state index in [4.69, 9.17) is 22.4 Å². The molecule has 8 nitrogen and oxygen atoms in total. The molecule has 1 heterocycles. The number of guanidine groups is 1. The highest BCUT2D eigenvalue weighted by Gasteiger charge is 2.32. The molecule has 0 amide bonds. The summed E-state index contributed by atoms with van der Waals surface area (Å²) >= 11 is 7.18. The molecule has 0 aliphatic carbocycles. The predicted molar refractivity (Wildman–Crippen MR) is 151 cm³/mol. The van der Waals surface area contributed by atoms with Crippen molar-refractivity contribution in [3.05, 3.63) is 95.0 Å². The van der Waals surface area contributed by atoms with Crippen LogP contribution in [0.15, 0.2) is 98.2 Å². The number of sulfonamides is 1. The Balaban J connectivity index is 1.77. The summed E-state index contributed by atoms with van der Waals surface area (Å²) in [5, 5.41) is 6.69. The molecule has 1 aliphatic heterocycles. The fourth-order valence-electron chi connectivity index (χ4n) is 3.91. The minimum Gasteiger partial charge on any atom is -0.406 e. The minimum absolute atomic E-state index is 0.0382. The van der Waals surface area contributed by atoms with Gasteiger partial charge in [-0.1, -0.05) is 65.8 Å². The third kappa shape index (κ3) is 7.55. The number of nitrogens with zero attached hydrogens (tertiary/aromatic N) is 4. The molecule has 0 radical (unpaired) electrons. The molecule has 3 aromatic carbocycles. The number of thioether (sulfide) groups is 1. The maximum atomic E-state index is 13.2. The van der Waals surface area contributed by atoms with Crippen molar-refractivity contribution >= 4 is 50.2 Å². The summed E-state index contributed by atoms with van der Waals surface area (Å²) < 4.78 is 71.5. The fraction of sp³-hybridized carbons (Fsp3) is 0.192. The van der Waals surface area contributed by atoms with Crippen molar-refractivity contribution in [2.75, 3.05) is 12.8 Å². The third-order valence-electron chi connectivity index (χ3n) is 5.74. The van der Waals surface area contributed by atoms with Crippen LogP contribution in [0.4, 0.5) is 13.2 Å². The molecule has 1 unspecified atom stereocenters. The number of ether oxygens (including phenoxy) is 1. The van der Waals surface area contributed by atoms with E-state index in [-0.39, 0.29) is 28.5 Å². The van der Waals surface area contributed by atoms with Gasteiger partial charge in [-0.3, -0.25) is 0 Å². The molecule has 0 saturated carbocycles. The maximum Gasteiger partial charge on any atom is 0.573 e. The topological polar surface area (TPSA) is 110 Å². The van der Waals surface area contributed by atoms with Crippen molar-refractivity contribution in [1.82, 2.24) is 5.01 Å². The zero-order chi connectivity index (χ0) is 28.9. The van der Waals surface area contributed by atoms with Gasteiger partial charge in [-0.15, -0.1) is 17.6 Å². The molecule has 210 valence electrons. The molecule has 1 aliphatic rings. The Bertz CT molecular complexity index is 1530. The quantitative estimate of drug-likeness (QED) is 0.287. The van der Waals surface area contributed by atoms with Crippen LogP contribution in [-0.2, 0) is 10.0 Å². The second kappa shape index (κ2) is 12.3. The number of rotatable bonds is 5. The zero-order valence-corrected chi connectivity index (χ0v) is 23.3. The van der Waals surface area contributed by atoms with Crippen molar-refractivity contribution in [2.24, 2.45) is 20.2 Å². The maximum absolute atomic E-state index is 13.2. The lowest BCUT2D eigenvalue weighted by Gasteiger charge is -2.30. The van der Waals surface area contributed by atoms with Crippen LogP contribution in [0.25, 0.3) is 0 Å². The van der Waals surface area contributed by atoms with Crippen molar-refractivity contribution in [3.63, 3.8) is 0 Å². The number of benzene rings is 3. The first-order chi connectivity index (χ1) is 18.9. The molecule has 40 heavy (non-hydrogen) atoms. The molecule has 3 aromatic rings. The lowest BCUT2D eigenvalue weighted by Crippen LogP contribution is -2.36. The van der Waals surface area contributed by atoms with Gasteiger partial charge < -0.3 is 10.5 Å². The first kappa shape index (κ1) is 29.4. The molecule has 1 atom stereocenters. The molecule has 0 aromatic heterocycles. The first-order valence-corrected chi connectivity index (χ1v) is 14.8. The van der Waals surface area contributed by atoms with Crippen LogP contribution in [0.5, 0.6) is 5.75 Å². The summed E-state index contributed by atoms with van der Waals surface area (Å²) in [6.07, 6.45) is -2.71. The van der Waals surface area contributed by atoms with Gasteiger partial charge in [0.25, 0.3) is 16.0 Å². The second-order valence-corrected chi connectivity index (χ2v) is 11.3. The zero-order valence-electron chi connectivity index (χ0n) is 20.9. The van der Waals surface area contributed by atoms with Gasteiger partial charge in [0, 0.05) is 17.5 Å². The summed E-state index contributed by atoms with van der Waals surface area (Å²) in [5.41, 5.74) is 8.36. The SMILES string of the molecule is CS/C(N)=N\C(=N\S(=O)(=O)c1ccc(OC(F)(F)F)cc1)N1CCC(c2ccccc2)C(c2ccc(Cl)cc2)=N1. The van der Waals surface area contributed by atoms with E-state index in [2.05, 4.69) is 14.1 Å². The second-order valence-electron chi connectivity index (χ2n) is 8.41. The summed E-state index contributed by atoms with van der Waals surface area (Å²) in [4.78, 5) is 3.83. The van der Waals surface area contributed by atoms with E-state index in [1.807, 2.05) is 42.5 Å². The summed E-state index contributed by atoms with van der Waals surface area (Å²) in [6, 6.07) is 20.5. The average molecular weight is 610 g/mol. The number of hydrazone groups is 1. The molecule has 0 fully saturated rings. The predicted octanol–water partition coefficient (Wildman–Crippen LogP) is 5.85. The van der Waals surface area contributed by atoms with Gasteiger partial charge in [-0.25, -0.2) is 5.01 Å². The van der Waals surface area contributed by atoms with Gasteiger partial charge in [0.1, 0.15) is 5.75 Å². The van der Waals surface area contributed by atoms with Crippen molar-refractivity contribution in [1.29, 1.82) is 0 Å². The van der Waals surface area contributed by atoms with Crippen LogP contribution in [0.2, 0.25) is 5.02 Å². The summed E-state index contributed by atoms with van der Waals surface area (Å²) in [6.45, 7) is 0.258. The third-order valence-corrected chi connectivity index (χ3v) is 7.77. The van der Waals surface area contributed by atoms with Crippen molar-refractivity contribution < 1.29 is 26.3 Å². The number of nitrogens with two attached hydrogens (primary N) is 1. The molecule has 2 N–H and O–H groups in total. The van der Waals surface area contributed by atoms with Gasteiger partial charge >= 0.3 is 6.36 Å². The Morgan fingerprint density at radius 1 is 1.07 bits per heavy atom. The van der Waals surface area contributed by atoms with Crippen LogP contribution in [0, 0.1) is 0 Å². The molecule has 0 saturated heterocycles. The Labute approximate surface area is 238 Å². The van der Waals surface area contributed by atoms with Crippen LogP contribution in [0.1, 0.15) is 23.5 Å². The average Bonchev–Trinajstić information content (AvgIpc) is 2.92. The molecule has 0 spiro atoms. The van der Waals surface area contributed by atoms with Crippen LogP contribution in [0.3, 0.4) is 0 Å². The van der Waals surface area contributed by atoms with E-state index in [9.17, 15) is 21.6 Å². The Morgan fingerprint density at radius 2 is 1.73 bits per heavy atom. The standard InChI is InChI=1S/C26H23ClF3N5O3S2/c1-39-24(31)32-25(34-40(36,37)21-13-11-20(12-14-21)38-26(28,29)30)35-16-15-22(17-5-3-2-4-6-17)23(33-35)18-7-9-19(27)10-8-18/h2-14,22H,15-16H2,1H3,(H2,31,32,34). The Morgan fingerprint density at radius 3 is 2.33 bits per heavy atom. The van der Waals surface area contributed by atoms with Crippen LogP contribution >= 0.6 is 23.4 Å². The molecule has 4 rings (SSSR count). The highest BCUT2D eigenvalue weighted by molar-refractivity contribution is 8.13. The lowest BCUT2D eigenvalue weighted by molar-refractivity contribution is -0.274. The van der Waals surface area contributed by atoms with Gasteiger partial charge in [0.05, 0.1) is 10.6 Å². The normalized spacial score (nSPS) is 17.0. The fourth-order valence-corrected chi connectivity index (χ4v) is 5.15. The van der Waals surface area contributed by atoms with Gasteiger partial charge in [0.2, 0.25) is 0 Å². The Kier molecular flexibility index (Phi) is 9.06. The van der Waals surface area contributed by atoms with Crippen molar-refractivity contribution in [3.8, 4) is 5.75 Å². The lowest BCUT2D eigenvalue weighted by atomic mass is 9.86. The summed E-state index contributed by atoms with van der Waals surface area (Å²) in [7, 11) is -4.43.